The SMILES string of the molecule is COc1ncccc1NC(C)c1ccc(OC(F)F)cc1. The van der Waals surface area contributed by atoms with Gasteiger partial charge < -0.3 is 14.8 Å². The van der Waals surface area contributed by atoms with Gasteiger partial charge in [0.25, 0.3) is 0 Å². The highest BCUT2D eigenvalue weighted by Gasteiger charge is 2.10. The van der Waals surface area contributed by atoms with Crippen LogP contribution in [-0.2, 0) is 0 Å². The average molecular weight is 294 g/mol. The number of anilines is 1. The molecule has 0 saturated heterocycles. The summed E-state index contributed by atoms with van der Waals surface area (Å²) in [6.45, 7) is -0.860. The minimum Gasteiger partial charge on any atom is -0.480 e. The zero-order chi connectivity index (χ0) is 15.2. The second-order valence-electron chi connectivity index (χ2n) is 4.37. The van der Waals surface area contributed by atoms with Crippen LogP contribution in [0, 0.1) is 0 Å². The Bertz CT molecular complexity index is 576. The Labute approximate surface area is 121 Å². The van der Waals surface area contributed by atoms with Crippen LogP contribution in [0.1, 0.15) is 18.5 Å². The summed E-state index contributed by atoms with van der Waals surface area (Å²) in [6.07, 6.45) is 1.64. The van der Waals surface area contributed by atoms with Crippen LogP contribution in [0.5, 0.6) is 11.6 Å². The van der Waals surface area contributed by atoms with Gasteiger partial charge in [0.1, 0.15) is 5.75 Å². The van der Waals surface area contributed by atoms with Gasteiger partial charge in [-0.15, -0.1) is 0 Å². The van der Waals surface area contributed by atoms with Gasteiger partial charge in [0.05, 0.1) is 12.8 Å². The molecule has 0 saturated carbocycles. The molecule has 6 heteroatoms. The topological polar surface area (TPSA) is 43.4 Å². The summed E-state index contributed by atoms with van der Waals surface area (Å²) in [5, 5.41) is 3.26. The van der Waals surface area contributed by atoms with Crippen LogP contribution in [-0.4, -0.2) is 18.7 Å². The third kappa shape index (κ3) is 4.05. The minimum atomic E-state index is -2.81. The maximum atomic E-state index is 12.1. The molecule has 1 aromatic heterocycles. The first kappa shape index (κ1) is 15.0. The van der Waals surface area contributed by atoms with Gasteiger partial charge in [-0.25, -0.2) is 4.98 Å². The van der Waals surface area contributed by atoms with E-state index in [1.165, 1.54) is 12.1 Å². The summed E-state index contributed by atoms with van der Waals surface area (Å²) in [6, 6.07) is 10.1. The number of aromatic nitrogens is 1. The molecule has 21 heavy (non-hydrogen) atoms. The molecular formula is C15H16F2N2O2. The second kappa shape index (κ2) is 6.88. The van der Waals surface area contributed by atoms with Gasteiger partial charge in [0.15, 0.2) is 0 Å². The summed E-state index contributed by atoms with van der Waals surface area (Å²) in [4.78, 5) is 4.10. The molecule has 0 radical (unpaired) electrons. The van der Waals surface area contributed by atoms with Crippen LogP contribution in [0.15, 0.2) is 42.6 Å². The maximum Gasteiger partial charge on any atom is 0.387 e. The highest BCUT2D eigenvalue weighted by Crippen LogP contribution is 2.26. The summed E-state index contributed by atoms with van der Waals surface area (Å²) in [5.74, 6) is 0.641. The normalized spacial score (nSPS) is 12.0. The van der Waals surface area contributed by atoms with Crippen molar-refractivity contribution in [3.63, 3.8) is 0 Å². The predicted octanol–water partition coefficient (Wildman–Crippen LogP) is 3.86. The minimum absolute atomic E-state index is 0.0382. The van der Waals surface area contributed by atoms with Crippen LogP contribution < -0.4 is 14.8 Å². The Balaban J connectivity index is 2.07. The molecule has 1 heterocycles. The molecule has 1 N–H and O–H groups in total. The molecule has 2 rings (SSSR count). The lowest BCUT2D eigenvalue weighted by Crippen LogP contribution is -2.08. The van der Waals surface area contributed by atoms with Gasteiger partial charge >= 0.3 is 6.61 Å². The number of alkyl halides is 2. The summed E-state index contributed by atoms with van der Waals surface area (Å²) in [7, 11) is 1.55. The highest BCUT2D eigenvalue weighted by molar-refractivity contribution is 5.53. The van der Waals surface area contributed by atoms with Gasteiger partial charge in [-0.1, -0.05) is 12.1 Å². The fraction of sp³-hybridized carbons (Fsp3) is 0.267. The Morgan fingerprint density at radius 2 is 1.86 bits per heavy atom. The van der Waals surface area contributed by atoms with Gasteiger partial charge in [-0.05, 0) is 36.8 Å². The molecule has 0 aliphatic carbocycles. The van der Waals surface area contributed by atoms with Crippen molar-refractivity contribution < 1.29 is 18.3 Å². The number of benzene rings is 1. The van der Waals surface area contributed by atoms with Crippen LogP contribution in [0.25, 0.3) is 0 Å². The van der Waals surface area contributed by atoms with E-state index in [1.54, 1.807) is 31.5 Å². The lowest BCUT2D eigenvalue weighted by atomic mass is 10.1. The lowest BCUT2D eigenvalue weighted by Gasteiger charge is -2.17. The van der Waals surface area contributed by atoms with Gasteiger partial charge in [-0.2, -0.15) is 8.78 Å². The molecule has 2 aromatic rings. The number of hydrogen-bond donors (Lipinski definition) is 1. The van der Waals surface area contributed by atoms with Gasteiger partial charge in [0.2, 0.25) is 5.88 Å². The number of ether oxygens (including phenoxy) is 2. The van der Waals surface area contributed by atoms with Crippen molar-refractivity contribution in [2.24, 2.45) is 0 Å². The Morgan fingerprint density at radius 3 is 2.48 bits per heavy atom. The van der Waals surface area contributed by atoms with E-state index >= 15 is 0 Å². The van der Waals surface area contributed by atoms with Crippen molar-refractivity contribution in [1.82, 2.24) is 4.98 Å². The quantitative estimate of drug-likeness (QED) is 0.878. The predicted molar refractivity (Wildman–Crippen MR) is 75.9 cm³/mol. The fourth-order valence-corrected chi connectivity index (χ4v) is 1.92. The van der Waals surface area contributed by atoms with Gasteiger partial charge in [0, 0.05) is 12.2 Å². The molecule has 0 aliphatic heterocycles. The number of pyridine rings is 1. The first-order chi connectivity index (χ1) is 10.1. The molecule has 0 bridgehead atoms. The van der Waals surface area contributed by atoms with Crippen molar-refractivity contribution in [3.8, 4) is 11.6 Å². The summed E-state index contributed by atoms with van der Waals surface area (Å²) < 4.78 is 33.7. The molecule has 1 aromatic carbocycles. The Kier molecular flexibility index (Phi) is 4.92. The largest absolute Gasteiger partial charge is 0.480 e. The van der Waals surface area contributed by atoms with Crippen molar-refractivity contribution in [1.29, 1.82) is 0 Å². The number of nitrogens with one attached hydrogen (secondary N) is 1. The van der Waals surface area contributed by atoms with Crippen LogP contribution in [0.2, 0.25) is 0 Å². The Hall–Kier alpha value is -2.37. The summed E-state index contributed by atoms with van der Waals surface area (Å²) in [5.41, 5.74) is 1.70. The number of hydrogen-bond acceptors (Lipinski definition) is 4. The third-order valence-electron chi connectivity index (χ3n) is 2.94. The van der Waals surface area contributed by atoms with E-state index in [9.17, 15) is 8.78 Å². The first-order valence-corrected chi connectivity index (χ1v) is 6.40. The fourth-order valence-electron chi connectivity index (χ4n) is 1.92. The second-order valence-corrected chi connectivity index (χ2v) is 4.37. The number of methoxy groups -OCH3 is 1. The monoisotopic (exact) mass is 294 g/mol. The van der Waals surface area contributed by atoms with E-state index in [0.717, 1.165) is 11.3 Å². The molecule has 112 valence electrons. The van der Waals surface area contributed by atoms with E-state index in [2.05, 4.69) is 15.0 Å². The summed E-state index contributed by atoms with van der Waals surface area (Å²) >= 11 is 0. The van der Waals surface area contributed by atoms with Crippen LogP contribution in [0.4, 0.5) is 14.5 Å². The molecular weight excluding hydrogens is 278 g/mol. The standard InChI is InChI=1S/C15H16F2N2O2/c1-10(19-13-4-3-9-18-14(13)20-2)11-5-7-12(8-6-11)21-15(16)17/h3-10,15,19H,1-2H3. The van der Waals surface area contributed by atoms with Crippen LogP contribution in [0.3, 0.4) is 0 Å². The number of nitrogens with zero attached hydrogens (tertiary/aromatic N) is 1. The number of rotatable bonds is 6. The first-order valence-electron chi connectivity index (χ1n) is 6.40. The smallest absolute Gasteiger partial charge is 0.387 e. The van der Waals surface area contributed by atoms with E-state index in [-0.39, 0.29) is 11.8 Å². The van der Waals surface area contributed by atoms with E-state index in [0.29, 0.717) is 5.88 Å². The lowest BCUT2D eigenvalue weighted by molar-refractivity contribution is -0.0498. The molecule has 0 fully saturated rings. The zero-order valence-corrected chi connectivity index (χ0v) is 11.7. The van der Waals surface area contributed by atoms with Crippen LogP contribution >= 0.6 is 0 Å². The molecule has 0 spiro atoms. The average Bonchev–Trinajstić information content (AvgIpc) is 2.48. The maximum absolute atomic E-state index is 12.1. The molecule has 1 atom stereocenters. The van der Waals surface area contributed by atoms with E-state index in [1.807, 2.05) is 13.0 Å². The van der Waals surface area contributed by atoms with Crippen molar-refractivity contribution in [3.05, 3.63) is 48.2 Å². The Morgan fingerprint density at radius 1 is 1.14 bits per heavy atom. The van der Waals surface area contributed by atoms with Crippen molar-refractivity contribution in [2.75, 3.05) is 12.4 Å². The molecule has 0 amide bonds. The molecule has 1 unspecified atom stereocenters. The van der Waals surface area contributed by atoms with Crippen molar-refractivity contribution >= 4 is 5.69 Å². The van der Waals surface area contributed by atoms with Crippen molar-refractivity contribution in [2.45, 2.75) is 19.6 Å². The highest BCUT2D eigenvalue weighted by atomic mass is 19.3. The van der Waals surface area contributed by atoms with Gasteiger partial charge in [-0.3, -0.25) is 0 Å². The molecule has 0 aliphatic rings. The molecule has 4 nitrogen and oxygen atoms in total. The zero-order valence-electron chi connectivity index (χ0n) is 11.7. The van der Waals surface area contributed by atoms with E-state index in [4.69, 9.17) is 4.74 Å². The number of halogens is 2. The van der Waals surface area contributed by atoms with E-state index < -0.39 is 6.61 Å². The third-order valence-corrected chi connectivity index (χ3v) is 2.94.